The number of aromatic nitrogens is 1. The van der Waals surface area contributed by atoms with E-state index in [2.05, 4.69) is 10.3 Å². The molecule has 96 valence electrons. The Balaban J connectivity index is 2.09. The van der Waals surface area contributed by atoms with E-state index in [1.807, 2.05) is 0 Å². The summed E-state index contributed by atoms with van der Waals surface area (Å²) in [5.74, 6) is -0.830. The van der Waals surface area contributed by atoms with Crippen LogP contribution in [0.1, 0.15) is 5.56 Å². The second-order valence-corrected chi connectivity index (χ2v) is 4.16. The van der Waals surface area contributed by atoms with E-state index in [0.717, 1.165) is 0 Å². The van der Waals surface area contributed by atoms with E-state index in [9.17, 15) is 9.18 Å². The minimum atomic E-state index is -0.468. The number of benzene rings is 1. The fourth-order valence-electron chi connectivity index (χ4n) is 1.48. The van der Waals surface area contributed by atoms with E-state index in [1.54, 1.807) is 30.6 Å². The minimum Gasteiger partial charge on any atom is -0.317 e. The van der Waals surface area contributed by atoms with Crippen LogP contribution in [0.4, 0.5) is 10.1 Å². The Morgan fingerprint density at radius 3 is 2.84 bits per heavy atom. The maximum absolute atomic E-state index is 13.5. The number of carbonyl (C=O) groups excluding carboxylic acids is 1. The topological polar surface area (TPSA) is 43.2 Å². The molecule has 1 aromatic carbocycles. The highest BCUT2D eigenvalue weighted by molar-refractivity contribution is 6.32. The van der Waals surface area contributed by atoms with Crippen LogP contribution in [-0.4, -0.2) is 5.91 Å². The van der Waals surface area contributed by atoms with E-state index in [-0.39, 0.29) is 16.5 Å². The summed E-state index contributed by atoms with van der Waals surface area (Å²) in [6.07, 6.45) is 5.95. The second-order valence-electron chi connectivity index (χ2n) is 3.75. The molecule has 19 heavy (non-hydrogen) atoms. The summed E-state index contributed by atoms with van der Waals surface area (Å²) in [6.45, 7) is 0. The van der Waals surface area contributed by atoms with E-state index < -0.39 is 5.82 Å². The minimum absolute atomic E-state index is 0.193. The normalized spacial score (nSPS) is 10.6. The van der Waals surface area contributed by atoms with Crippen molar-refractivity contribution in [3.05, 3.63) is 65.2 Å². The Labute approximate surface area is 114 Å². The third kappa shape index (κ3) is 3.63. The van der Waals surface area contributed by atoms with Crippen molar-refractivity contribution in [2.24, 2.45) is 0 Å². The van der Waals surface area contributed by atoms with Gasteiger partial charge in [0.15, 0.2) is 12.4 Å². The van der Waals surface area contributed by atoms with Crippen LogP contribution in [0.2, 0.25) is 5.02 Å². The molecule has 2 rings (SSSR count). The maximum Gasteiger partial charge on any atom is 0.248 e. The van der Waals surface area contributed by atoms with Gasteiger partial charge in [-0.15, -0.1) is 0 Å². The van der Waals surface area contributed by atoms with Gasteiger partial charge in [0.1, 0.15) is 11.5 Å². The number of nitrogens with one attached hydrogen (secondary N) is 2. The number of H-pyrrole nitrogens is 1. The van der Waals surface area contributed by atoms with Crippen molar-refractivity contribution in [3.63, 3.8) is 0 Å². The number of amides is 1. The first-order valence-corrected chi connectivity index (χ1v) is 5.94. The molecule has 0 unspecified atom stereocenters. The fourth-order valence-corrected chi connectivity index (χ4v) is 1.71. The van der Waals surface area contributed by atoms with Crippen LogP contribution in [0, 0.1) is 5.82 Å². The van der Waals surface area contributed by atoms with Crippen LogP contribution in [0.25, 0.3) is 6.08 Å². The van der Waals surface area contributed by atoms with E-state index in [1.165, 1.54) is 24.3 Å². The number of pyridine rings is 1. The molecule has 0 saturated heterocycles. The van der Waals surface area contributed by atoms with E-state index >= 15 is 0 Å². The quantitative estimate of drug-likeness (QED) is 0.861. The van der Waals surface area contributed by atoms with Crippen molar-refractivity contribution in [2.75, 3.05) is 5.32 Å². The molecule has 0 aliphatic carbocycles. The maximum atomic E-state index is 13.5. The molecule has 1 aromatic heterocycles. The number of halogens is 2. The molecule has 0 spiro atoms. The van der Waals surface area contributed by atoms with Gasteiger partial charge in [-0.25, -0.2) is 9.37 Å². The smallest absolute Gasteiger partial charge is 0.248 e. The van der Waals surface area contributed by atoms with Crippen LogP contribution in [0.3, 0.4) is 0 Å². The molecular weight excluding hydrogens is 267 g/mol. The monoisotopic (exact) mass is 277 g/mol. The van der Waals surface area contributed by atoms with Gasteiger partial charge in [-0.2, -0.15) is 0 Å². The summed E-state index contributed by atoms with van der Waals surface area (Å²) < 4.78 is 13.5. The lowest BCUT2D eigenvalue weighted by Crippen LogP contribution is -2.10. The zero-order valence-electron chi connectivity index (χ0n) is 9.86. The molecule has 2 N–H and O–H groups in total. The third-order valence-electron chi connectivity index (χ3n) is 2.38. The van der Waals surface area contributed by atoms with Gasteiger partial charge in [-0.05, 0) is 24.3 Å². The van der Waals surface area contributed by atoms with Crippen molar-refractivity contribution in [2.45, 2.75) is 0 Å². The van der Waals surface area contributed by atoms with Gasteiger partial charge in [-0.1, -0.05) is 17.7 Å². The van der Waals surface area contributed by atoms with Gasteiger partial charge in [0.25, 0.3) is 0 Å². The molecule has 0 atom stereocenters. The van der Waals surface area contributed by atoms with Crippen LogP contribution < -0.4 is 10.3 Å². The Morgan fingerprint density at radius 2 is 2.16 bits per heavy atom. The zero-order chi connectivity index (χ0) is 13.7. The lowest BCUT2D eigenvalue weighted by Gasteiger charge is -2.00. The first-order valence-electron chi connectivity index (χ1n) is 5.56. The molecule has 3 nitrogen and oxygen atoms in total. The molecule has 2 aromatic rings. The van der Waals surface area contributed by atoms with Crippen LogP contribution in [-0.2, 0) is 4.79 Å². The van der Waals surface area contributed by atoms with Crippen LogP contribution >= 0.6 is 11.6 Å². The Hall–Kier alpha value is -2.20. The van der Waals surface area contributed by atoms with Gasteiger partial charge in [0, 0.05) is 17.7 Å². The Morgan fingerprint density at radius 1 is 1.32 bits per heavy atom. The first-order chi connectivity index (χ1) is 9.16. The van der Waals surface area contributed by atoms with Crippen molar-refractivity contribution in [1.82, 2.24) is 0 Å². The van der Waals surface area contributed by atoms with Crippen molar-refractivity contribution < 1.29 is 14.2 Å². The van der Waals surface area contributed by atoms with Gasteiger partial charge in [0.2, 0.25) is 5.91 Å². The lowest BCUT2D eigenvalue weighted by atomic mass is 10.2. The van der Waals surface area contributed by atoms with E-state index in [0.29, 0.717) is 5.69 Å². The van der Waals surface area contributed by atoms with Gasteiger partial charge in [0.05, 0.1) is 5.02 Å². The Kier molecular flexibility index (Phi) is 4.26. The third-order valence-corrected chi connectivity index (χ3v) is 2.71. The molecule has 1 amide bonds. The van der Waals surface area contributed by atoms with Gasteiger partial charge >= 0.3 is 0 Å². The number of rotatable bonds is 3. The fraction of sp³-hybridized carbons (Fsp3) is 0. The molecule has 0 radical (unpaired) electrons. The molecule has 0 aliphatic heterocycles. The summed E-state index contributed by atoms with van der Waals surface area (Å²) >= 11 is 5.85. The molecular formula is C14H11ClFN2O+. The lowest BCUT2D eigenvalue weighted by molar-refractivity contribution is -0.377. The highest BCUT2D eigenvalue weighted by Gasteiger charge is 2.04. The summed E-state index contributed by atoms with van der Waals surface area (Å²) in [6, 6.07) is 7.85. The molecule has 1 heterocycles. The molecule has 0 aliphatic rings. The summed E-state index contributed by atoms with van der Waals surface area (Å²) in [5.41, 5.74) is 0.815. The van der Waals surface area contributed by atoms with Crippen molar-refractivity contribution in [3.8, 4) is 0 Å². The average molecular weight is 278 g/mol. The van der Waals surface area contributed by atoms with Gasteiger partial charge < -0.3 is 5.32 Å². The molecule has 0 saturated carbocycles. The standard InChI is InChI=1S/C14H10ClFN2O/c15-12-4-1-5-13(16)11(12)6-7-14(19)18-10-3-2-8-17-9-10/h1-9H,(H,18,19)/p+1. The van der Waals surface area contributed by atoms with Crippen LogP contribution in [0.5, 0.6) is 0 Å². The van der Waals surface area contributed by atoms with Crippen molar-refractivity contribution >= 4 is 29.3 Å². The predicted molar refractivity (Wildman–Crippen MR) is 72.1 cm³/mol. The average Bonchev–Trinajstić information content (AvgIpc) is 2.39. The predicted octanol–water partition coefficient (Wildman–Crippen LogP) is 2.95. The van der Waals surface area contributed by atoms with Gasteiger partial charge in [-0.3, -0.25) is 4.79 Å². The summed E-state index contributed by atoms with van der Waals surface area (Å²) in [4.78, 5) is 14.5. The SMILES string of the molecule is O=C(C=Cc1c(F)cccc1Cl)Nc1ccc[nH+]c1. The number of carbonyl (C=O) groups is 1. The first kappa shape index (κ1) is 13.2. The second kappa shape index (κ2) is 6.11. The number of hydrogen-bond donors (Lipinski definition) is 1. The molecule has 5 heteroatoms. The highest BCUT2D eigenvalue weighted by Crippen LogP contribution is 2.20. The van der Waals surface area contributed by atoms with Crippen molar-refractivity contribution in [1.29, 1.82) is 0 Å². The largest absolute Gasteiger partial charge is 0.317 e. The number of hydrogen-bond acceptors (Lipinski definition) is 1. The molecule has 0 fully saturated rings. The molecule has 0 bridgehead atoms. The van der Waals surface area contributed by atoms with Crippen LogP contribution in [0.15, 0.2) is 48.8 Å². The Bertz CT molecular complexity index is 594. The number of aromatic amines is 1. The number of anilines is 1. The highest BCUT2D eigenvalue weighted by atomic mass is 35.5. The van der Waals surface area contributed by atoms with E-state index in [4.69, 9.17) is 11.6 Å². The summed E-state index contributed by atoms with van der Waals surface area (Å²) in [5, 5.41) is 2.89. The zero-order valence-corrected chi connectivity index (χ0v) is 10.6. The summed E-state index contributed by atoms with van der Waals surface area (Å²) in [7, 11) is 0.